The Balaban J connectivity index is 2.76. The van der Waals surface area contributed by atoms with Gasteiger partial charge in [-0.05, 0) is 31.0 Å². The van der Waals surface area contributed by atoms with Gasteiger partial charge in [-0.25, -0.2) is 0 Å². The lowest BCUT2D eigenvalue weighted by Crippen LogP contribution is -2.10. The summed E-state index contributed by atoms with van der Waals surface area (Å²) in [6.45, 7) is 5.85. The van der Waals surface area contributed by atoms with E-state index in [9.17, 15) is 0 Å². The molecule has 1 aromatic carbocycles. The Hall–Kier alpha value is -0.600. The van der Waals surface area contributed by atoms with E-state index in [1.807, 2.05) is 31.2 Å². The normalized spacial score (nSPS) is 12.5. The number of hydrogen-bond donors (Lipinski definition) is 1. The maximum Gasteiger partial charge on any atom is 0.0332 e. The van der Waals surface area contributed by atoms with Gasteiger partial charge >= 0.3 is 0 Å². The van der Waals surface area contributed by atoms with E-state index < -0.39 is 0 Å². The first-order chi connectivity index (χ1) is 6.09. The Kier molecular flexibility index (Phi) is 3.70. The minimum Gasteiger partial charge on any atom is -0.324 e. The summed E-state index contributed by atoms with van der Waals surface area (Å²) in [5.41, 5.74) is 8.25. The molecule has 1 unspecified atom stereocenters. The molecular weight excluding hydrogens is 226 g/mol. The smallest absolute Gasteiger partial charge is 0.0332 e. The second-order valence-electron chi connectivity index (χ2n) is 3.32. The molecule has 1 rings (SSSR count). The van der Waals surface area contributed by atoms with Gasteiger partial charge in [0.2, 0.25) is 0 Å². The van der Waals surface area contributed by atoms with Gasteiger partial charge in [0.25, 0.3) is 0 Å². The van der Waals surface area contributed by atoms with Gasteiger partial charge in [0.15, 0.2) is 0 Å². The predicted molar refractivity (Wildman–Crippen MR) is 60.5 cm³/mol. The third-order valence-electron chi connectivity index (χ3n) is 1.85. The molecule has 0 heterocycles. The highest BCUT2D eigenvalue weighted by molar-refractivity contribution is 9.10. The first-order valence-electron chi connectivity index (χ1n) is 4.25. The van der Waals surface area contributed by atoms with Gasteiger partial charge < -0.3 is 5.73 Å². The molecular formula is C11H14BrN. The van der Waals surface area contributed by atoms with Crippen LogP contribution in [0.3, 0.4) is 0 Å². The van der Waals surface area contributed by atoms with E-state index >= 15 is 0 Å². The molecule has 0 bridgehead atoms. The van der Waals surface area contributed by atoms with Crippen LogP contribution in [0.2, 0.25) is 0 Å². The van der Waals surface area contributed by atoms with Crippen molar-refractivity contribution in [3.63, 3.8) is 0 Å². The Morgan fingerprint density at radius 2 is 2.31 bits per heavy atom. The van der Waals surface area contributed by atoms with Crippen LogP contribution in [0.1, 0.15) is 24.9 Å². The first-order valence-corrected chi connectivity index (χ1v) is 5.04. The van der Waals surface area contributed by atoms with Gasteiger partial charge in [-0.1, -0.05) is 33.6 Å². The Bertz CT molecular complexity index is 307. The van der Waals surface area contributed by atoms with E-state index in [4.69, 9.17) is 5.73 Å². The highest BCUT2D eigenvalue weighted by atomic mass is 79.9. The fourth-order valence-corrected chi connectivity index (χ4v) is 1.65. The molecule has 0 saturated heterocycles. The topological polar surface area (TPSA) is 26.0 Å². The molecule has 0 spiro atoms. The quantitative estimate of drug-likeness (QED) is 0.805. The van der Waals surface area contributed by atoms with E-state index in [2.05, 4.69) is 22.5 Å². The molecule has 0 aromatic heterocycles. The second kappa shape index (κ2) is 4.58. The average molecular weight is 240 g/mol. The minimum absolute atomic E-state index is 0.0648. The summed E-state index contributed by atoms with van der Waals surface area (Å²) >= 11 is 3.42. The van der Waals surface area contributed by atoms with Crippen molar-refractivity contribution in [3.8, 4) is 0 Å². The molecule has 1 atom stereocenters. The van der Waals surface area contributed by atoms with Gasteiger partial charge in [0.05, 0.1) is 0 Å². The zero-order chi connectivity index (χ0) is 9.84. The molecule has 2 N–H and O–H groups in total. The summed E-state index contributed by atoms with van der Waals surface area (Å²) in [5.74, 6) is 0. The van der Waals surface area contributed by atoms with Crippen molar-refractivity contribution < 1.29 is 0 Å². The fourth-order valence-electron chi connectivity index (χ4n) is 1.23. The molecule has 13 heavy (non-hydrogen) atoms. The number of nitrogens with two attached hydrogens (primary N) is 1. The maximum atomic E-state index is 5.98. The molecule has 0 aliphatic rings. The molecule has 1 nitrogen and oxygen atoms in total. The highest BCUT2D eigenvalue weighted by Crippen LogP contribution is 2.20. The van der Waals surface area contributed by atoms with Crippen molar-refractivity contribution in [2.24, 2.45) is 5.73 Å². The van der Waals surface area contributed by atoms with Gasteiger partial charge in [0.1, 0.15) is 0 Å². The predicted octanol–water partition coefficient (Wildman–Crippen LogP) is 3.42. The van der Waals surface area contributed by atoms with Crippen LogP contribution < -0.4 is 5.73 Å². The lowest BCUT2D eigenvalue weighted by atomic mass is 10.0. The summed E-state index contributed by atoms with van der Waals surface area (Å²) in [6.07, 6.45) is 0.844. The largest absolute Gasteiger partial charge is 0.324 e. The second-order valence-corrected chi connectivity index (χ2v) is 4.24. The van der Waals surface area contributed by atoms with Crippen LogP contribution in [0.15, 0.2) is 40.9 Å². The summed E-state index contributed by atoms with van der Waals surface area (Å²) in [7, 11) is 0. The third-order valence-corrected chi connectivity index (χ3v) is 2.34. The number of hydrogen-bond acceptors (Lipinski definition) is 1. The number of benzene rings is 1. The molecule has 1 aromatic rings. The number of halogens is 1. The summed E-state index contributed by atoms with van der Waals surface area (Å²) in [4.78, 5) is 0. The molecule has 0 saturated carbocycles. The van der Waals surface area contributed by atoms with Gasteiger partial charge in [-0.2, -0.15) is 0 Å². The standard InChI is InChI=1S/C11H14BrN/c1-8(2)6-11(13)9-4-3-5-10(12)7-9/h3-5,7,11H,1,6,13H2,2H3. The van der Waals surface area contributed by atoms with Crippen molar-refractivity contribution in [3.05, 3.63) is 46.5 Å². The lowest BCUT2D eigenvalue weighted by Gasteiger charge is -2.11. The first kappa shape index (κ1) is 10.5. The Morgan fingerprint density at radius 1 is 1.62 bits per heavy atom. The van der Waals surface area contributed by atoms with Crippen LogP contribution in [0.4, 0.5) is 0 Å². The van der Waals surface area contributed by atoms with E-state index in [-0.39, 0.29) is 6.04 Å². The highest BCUT2D eigenvalue weighted by Gasteiger charge is 2.05. The van der Waals surface area contributed by atoms with Crippen molar-refractivity contribution in [1.29, 1.82) is 0 Å². The molecule has 70 valence electrons. The fraction of sp³-hybridized carbons (Fsp3) is 0.273. The van der Waals surface area contributed by atoms with Crippen LogP contribution in [0.5, 0.6) is 0 Å². The SMILES string of the molecule is C=C(C)CC(N)c1cccc(Br)c1. The van der Waals surface area contributed by atoms with Crippen molar-refractivity contribution >= 4 is 15.9 Å². The van der Waals surface area contributed by atoms with Crippen molar-refractivity contribution in [2.75, 3.05) is 0 Å². The van der Waals surface area contributed by atoms with Gasteiger partial charge in [-0.15, -0.1) is 6.58 Å². The van der Waals surface area contributed by atoms with Crippen LogP contribution in [-0.2, 0) is 0 Å². The molecule has 0 fully saturated rings. The van der Waals surface area contributed by atoms with E-state index in [1.165, 1.54) is 0 Å². The van der Waals surface area contributed by atoms with Crippen LogP contribution in [-0.4, -0.2) is 0 Å². The Labute approximate surface area is 87.8 Å². The zero-order valence-electron chi connectivity index (χ0n) is 7.76. The van der Waals surface area contributed by atoms with Crippen molar-refractivity contribution in [1.82, 2.24) is 0 Å². The van der Waals surface area contributed by atoms with Gasteiger partial charge in [0, 0.05) is 10.5 Å². The van der Waals surface area contributed by atoms with Gasteiger partial charge in [-0.3, -0.25) is 0 Å². The van der Waals surface area contributed by atoms with Crippen LogP contribution >= 0.6 is 15.9 Å². The van der Waals surface area contributed by atoms with Crippen LogP contribution in [0, 0.1) is 0 Å². The molecule has 0 aliphatic heterocycles. The summed E-state index contributed by atoms with van der Waals surface area (Å²) < 4.78 is 1.07. The molecule has 0 radical (unpaired) electrons. The molecule has 0 aliphatic carbocycles. The van der Waals surface area contributed by atoms with E-state index in [1.54, 1.807) is 0 Å². The van der Waals surface area contributed by atoms with E-state index in [0.717, 1.165) is 22.0 Å². The monoisotopic (exact) mass is 239 g/mol. The molecule has 2 heteroatoms. The molecule has 0 amide bonds. The minimum atomic E-state index is 0.0648. The maximum absolute atomic E-state index is 5.98. The van der Waals surface area contributed by atoms with Crippen molar-refractivity contribution in [2.45, 2.75) is 19.4 Å². The number of rotatable bonds is 3. The average Bonchev–Trinajstić information content (AvgIpc) is 2.03. The van der Waals surface area contributed by atoms with E-state index in [0.29, 0.717) is 0 Å². The third kappa shape index (κ3) is 3.33. The Morgan fingerprint density at radius 3 is 2.85 bits per heavy atom. The summed E-state index contributed by atoms with van der Waals surface area (Å²) in [5, 5.41) is 0. The van der Waals surface area contributed by atoms with Crippen LogP contribution in [0.25, 0.3) is 0 Å². The summed E-state index contributed by atoms with van der Waals surface area (Å²) in [6, 6.07) is 8.15. The zero-order valence-corrected chi connectivity index (χ0v) is 9.34. The lowest BCUT2D eigenvalue weighted by molar-refractivity contribution is 0.717.